The fraction of sp³-hybridized carbons (Fsp3) is 0.316. The molecule has 2 aromatic heterocycles. The Balaban J connectivity index is 1.93. The van der Waals surface area contributed by atoms with Crippen LogP contribution in [0.3, 0.4) is 0 Å². The molecule has 3 heterocycles. The Bertz CT molecular complexity index is 1150. The molecule has 4 rings (SSSR count). The molecule has 0 spiro atoms. The molecule has 1 fully saturated rings. The highest BCUT2D eigenvalue weighted by Crippen LogP contribution is 2.28. The van der Waals surface area contributed by atoms with Gasteiger partial charge in [-0.1, -0.05) is 0 Å². The summed E-state index contributed by atoms with van der Waals surface area (Å²) in [5, 5.41) is 9.47. The Morgan fingerprint density at radius 1 is 1.21 bits per heavy atom. The van der Waals surface area contributed by atoms with Crippen LogP contribution in [-0.4, -0.2) is 58.8 Å². The highest BCUT2D eigenvalue weighted by Gasteiger charge is 2.20. The number of alkyl halides is 1. The lowest BCUT2D eigenvalue weighted by Crippen LogP contribution is -2.44. The number of carbonyl (C=O) groups is 1. The van der Waals surface area contributed by atoms with Gasteiger partial charge in [0.1, 0.15) is 17.0 Å². The minimum atomic E-state index is -1.45. The second-order valence-electron chi connectivity index (χ2n) is 6.91. The van der Waals surface area contributed by atoms with Crippen molar-refractivity contribution in [3.8, 4) is 0 Å². The minimum absolute atomic E-state index is 0.0286. The molecular formula is C19H18F2N4O3. The second-order valence-corrected chi connectivity index (χ2v) is 6.91. The van der Waals surface area contributed by atoms with Crippen molar-refractivity contribution in [2.24, 2.45) is 0 Å². The van der Waals surface area contributed by atoms with E-state index in [4.69, 9.17) is 0 Å². The van der Waals surface area contributed by atoms with Crippen LogP contribution in [0, 0.1) is 5.82 Å². The van der Waals surface area contributed by atoms with Gasteiger partial charge in [-0.2, -0.15) is 0 Å². The zero-order chi connectivity index (χ0) is 20.0. The molecule has 1 aromatic carbocycles. The second kappa shape index (κ2) is 6.83. The Morgan fingerprint density at radius 3 is 2.57 bits per heavy atom. The summed E-state index contributed by atoms with van der Waals surface area (Å²) in [6, 6.07) is 4.24. The first-order chi connectivity index (χ1) is 13.4. The Kier molecular flexibility index (Phi) is 4.46. The Labute approximate surface area is 158 Å². The van der Waals surface area contributed by atoms with Crippen LogP contribution in [0.2, 0.25) is 0 Å². The molecule has 0 radical (unpaired) electrons. The number of fused-ring (bicyclic) bond motifs is 2. The van der Waals surface area contributed by atoms with E-state index in [2.05, 4.69) is 9.88 Å². The molecule has 0 amide bonds. The molecule has 0 aliphatic carbocycles. The van der Waals surface area contributed by atoms with E-state index >= 15 is 0 Å². The maximum Gasteiger partial charge on any atom is 0.341 e. The molecule has 1 aliphatic heterocycles. The van der Waals surface area contributed by atoms with Gasteiger partial charge in [-0.25, -0.2) is 18.6 Å². The van der Waals surface area contributed by atoms with Gasteiger partial charge in [-0.15, -0.1) is 0 Å². The minimum Gasteiger partial charge on any atom is -0.477 e. The average Bonchev–Trinajstić information content (AvgIpc) is 2.67. The van der Waals surface area contributed by atoms with Gasteiger partial charge in [0.15, 0.2) is 6.80 Å². The predicted molar refractivity (Wildman–Crippen MR) is 101 cm³/mol. The third-order valence-electron chi connectivity index (χ3n) is 5.11. The third-order valence-corrected chi connectivity index (χ3v) is 5.11. The maximum absolute atomic E-state index is 14.7. The molecule has 0 atom stereocenters. The zero-order valence-corrected chi connectivity index (χ0v) is 15.2. The first-order valence-corrected chi connectivity index (χ1v) is 8.79. The van der Waals surface area contributed by atoms with Crippen LogP contribution in [0.4, 0.5) is 14.5 Å². The van der Waals surface area contributed by atoms with Gasteiger partial charge in [-0.3, -0.25) is 4.79 Å². The molecular weight excluding hydrogens is 370 g/mol. The molecule has 1 aliphatic rings. The van der Waals surface area contributed by atoms with Crippen molar-refractivity contribution in [2.45, 2.75) is 6.80 Å². The van der Waals surface area contributed by atoms with Crippen molar-refractivity contribution in [3.05, 3.63) is 46.0 Å². The summed E-state index contributed by atoms with van der Waals surface area (Å²) in [6.45, 7) is 1.92. The van der Waals surface area contributed by atoms with E-state index in [1.54, 1.807) is 6.07 Å². The summed E-state index contributed by atoms with van der Waals surface area (Å²) in [6.07, 6.45) is 0.941. The maximum atomic E-state index is 14.7. The number of hydrogen-bond acceptors (Lipinski definition) is 5. The summed E-state index contributed by atoms with van der Waals surface area (Å²) in [4.78, 5) is 32.1. The Morgan fingerprint density at radius 2 is 1.93 bits per heavy atom. The monoisotopic (exact) mass is 388 g/mol. The van der Waals surface area contributed by atoms with Crippen LogP contribution in [0.5, 0.6) is 0 Å². The number of rotatable bonds is 3. The van der Waals surface area contributed by atoms with E-state index in [1.165, 1.54) is 12.1 Å². The fourth-order valence-electron chi connectivity index (χ4n) is 3.51. The normalized spacial score (nSPS) is 15.5. The molecule has 3 aromatic rings. The first-order valence-electron chi connectivity index (χ1n) is 8.79. The lowest BCUT2D eigenvalue weighted by atomic mass is 10.1. The Hall–Kier alpha value is -3.07. The topological polar surface area (TPSA) is 78.7 Å². The summed E-state index contributed by atoms with van der Waals surface area (Å²) < 4.78 is 29.2. The van der Waals surface area contributed by atoms with Crippen LogP contribution in [0.1, 0.15) is 10.4 Å². The number of halogens is 2. The van der Waals surface area contributed by atoms with Gasteiger partial charge in [0.05, 0.1) is 16.6 Å². The summed E-state index contributed by atoms with van der Waals surface area (Å²) >= 11 is 0. The van der Waals surface area contributed by atoms with Crippen molar-refractivity contribution in [3.63, 3.8) is 0 Å². The molecule has 0 unspecified atom stereocenters. The molecule has 0 bridgehead atoms. The number of nitrogens with zero attached hydrogens (tertiary/aromatic N) is 4. The summed E-state index contributed by atoms with van der Waals surface area (Å²) in [5.41, 5.74) is -0.483. The van der Waals surface area contributed by atoms with Crippen molar-refractivity contribution in [1.82, 2.24) is 14.5 Å². The highest BCUT2D eigenvalue weighted by molar-refractivity contribution is 5.96. The SMILES string of the molecule is CN1CCN(c2cc3nc4c(cc3cc2F)c(=O)c(C(=O)O)cn4CF)CC1. The van der Waals surface area contributed by atoms with Crippen LogP contribution in [-0.2, 0) is 6.80 Å². The number of benzene rings is 1. The smallest absolute Gasteiger partial charge is 0.341 e. The summed E-state index contributed by atoms with van der Waals surface area (Å²) in [5.74, 6) is -1.90. The van der Waals surface area contributed by atoms with Gasteiger partial charge < -0.3 is 19.5 Å². The van der Waals surface area contributed by atoms with Crippen LogP contribution in [0.25, 0.3) is 21.9 Å². The van der Waals surface area contributed by atoms with Gasteiger partial charge in [0.2, 0.25) is 5.43 Å². The van der Waals surface area contributed by atoms with E-state index in [0.717, 1.165) is 23.9 Å². The lowest BCUT2D eigenvalue weighted by Gasteiger charge is -2.34. The molecule has 1 saturated heterocycles. The van der Waals surface area contributed by atoms with Crippen molar-refractivity contribution in [1.29, 1.82) is 0 Å². The number of aromatic nitrogens is 2. The number of carboxylic acids is 1. The van der Waals surface area contributed by atoms with E-state index in [0.29, 0.717) is 29.7 Å². The van der Waals surface area contributed by atoms with Gasteiger partial charge in [0.25, 0.3) is 0 Å². The number of piperazine rings is 1. The average molecular weight is 388 g/mol. The van der Waals surface area contributed by atoms with Gasteiger partial charge in [-0.05, 0) is 25.2 Å². The third kappa shape index (κ3) is 2.97. The molecule has 28 heavy (non-hydrogen) atoms. The summed E-state index contributed by atoms with van der Waals surface area (Å²) in [7, 11) is 2.00. The predicted octanol–water partition coefficient (Wildman–Crippen LogP) is 2.07. The van der Waals surface area contributed by atoms with Crippen LogP contribution in [0.15, 0.2) is 29.2 Å². The number of pyridine rings is 2. The van der Waals surface area contributed by atoms with E-state index in [1.807, 2.05) is 11.9 Å². The number of likely N-dealkylation sites (N-methyl/N-ethyl adjacent to an activating group) is 1. The zero-order valence-electron chi connectivity index (χ0n) is 15.2. The van der Waals surface area contributed by atoms with Crippen LogP contribution < -0.4 is 10.3 Å². The van der Waals surface area contributed by atoms with E-state index in [9.17, 15) is 23.5 Å². The van der Waals surface area contributed by atoms with E-state index in [-0.39, 0.29) is 11.0 Å². The molecule has 0 saturated carbocycles. The van der Waals surface area contributed by atoms with Crippen molar-refractivity contribution >= 4 is 33.6 Å². The molecule has 7 nitrogen and oxygen atoms in total. The van der Waals surface area contributed by atoms with Crippen molar-refractivity contribution in [2.75, 3.05) is 38.1 Å². The quantitative estimate of drug-likeness (QED) is 0.692. The van der Waals surface area contributed by atoms with Crippen molar-refractivity contribution < 1.29 is 18.7 Å². The van der Waals surface area contributed by atoms with Crippen LogP contribution >= 0.6 is 0 Å². The molecule has 1 N–H and O–H groups in total. The number of anilines is 1. The fourth-order valence-corrected chi connectivity index (χ4v) is 3.51. The van der Waals surface area contributed by atoms with Gasteiger partial charge >= 0.3 is 5.97 Å². The van der Waals surface area contributed by atoms with Gasteiger partial charge in [0, 0.05) is 37.8 Å². The van der Waals surface area contributed by atoms with E-state index < -0.39 is 29.6 Å². The lowest BCUT2D eigenvalue weighted by molar-refractivity contribution is 0.0694. The largest absolute Gasteiger partial charge is 0.477 e. The molecule has 146 valence electrons. The number of hydrogen-bond donors (Lipinski definition) is 1. The first kappa shape index (κ1) is 18.3. The highest BCUT2D eigenvalue weighted by atomic mass is 19.1. The molecule has 9 heteroatoms. The number of carboxylic acid groups (broad SMARTS) is 1. The standard InChI is InChI=1S/C19H18F2N4O3/c1-23-2-4-24(5-3-23)16-8-15-11(7-14(16)21)6-12-17(26)13(19(27)28)9-25(10-20)18(12)22-15/h6-9H,2-5,10H2,1H3,(H,27,28). The number of aromatic carboxylic acids is 1.